The van der Waals surface area contributed by atoms with E-state index in [0.717, 1.165) is 13.0 Å². The minimum absolute atomic E-state index is 0.159. The van der Waals surface area contributed by atoms with Crippen molar-refractivity contribution in [2.45, 2.75) is 12.8 Å². The van der Waals surface area contributed by atoms with Crippen LogP contribution in [0.5, 0.6) is 0 Å². The smallest absolute Gasteiger partial charge is 0.348 e. The fourth-order valence-electron chi connectivity index (χ4n) is 1.65. The molecule has 0 saturated carbocycles. The lowest BCUT2D eigenvalue weighted by Gasteiger charge is -2.14. The molecule has 0 spiro atoms. The van der Waals surface area contributed by atoms with Crippen LogP contribution in [0.15, 0.2) is 17.5 Å². The Bertz CT molecular complexity index is 375. The van der Waals surface area contributed by atoms with Crippen molar-refractivity contribution in [3.8, 4) is 0 Å². The minimum Gasteiger partial charge on any atom is -0.460 e. The van der Waals surface area contributed by atoms with Crippen molar-refractivity contribution in [3.63, 3.8) is 0 Å². The molecule has 0 radical (unpaired) electrons. The maximum atomic E-state index is 11.4. The SMILES string of the molecule is O=C(OCCN1CCCC1=O)c1cccs1. The van der Waals surface area contributed by atoms with E-state index < -0.39 is 0 Å². The van der Waals surface area contributed by atoms with Gasteiger partial charge in [-0.3, -0.25) is 4.79 Å². The fraction of sp³-hybridized carbons (Fsp3) is 0.455. The quantitative estimate of drug-likeness (QED) is 0.748. The number of amides is 1. The molecule has 1 aliphatic rings. The predicted octanol–water partition coefficient (Wildman–Crippen LogP) is 1.53. The normalized spacial score (nSPS) is 15.5. The summed E-state index contributed by atoms with van der Waals surface area (Å²) in [7, 11) is 0. The van der Waals surface area contributed by atoms with Crippen molar-refractivity contribution < 1.29 is 14.3 Å². The van der Waals surface area contributed by atoms with Crippen LogP contribution >= 0.6 is 11.3 Å². The van der Waals surface area contributed by atoms with E-state index in [1.54, 1.807) is 11.0 Å². The van der Waals surface area contributed by atoms with Crippen LogP contribution in [0.4, 0.5) is 0 Å². The molecule has 1 fully saturated rings. The summed E-state index contributed by atoms with van der Waals surface area (Å²) in [5, 5.41) is 1.83. The van der Waals surface area contributed by atoms with Crippen LogP contribution in [0.3, 0.4) is 0 Å². The second-order valence-electron chi connectivity index (χ2n) is 3.60. The monoisotopic (exact) mass is 239 g/mol. The number of nitrogens with zero attached hydrogens (tertiary/aromatic N) is 1. The molecular weight excluding hydrogens is 226 g/mol. The molecule has 0 unspecified atom stereocenters. The zero-order chi connectivity index (χ0) is 11.4. The first-order chi connectivity index (χ1) is 7.77. The first-order valence-corrected chi connectivity index (χ1v) is 6.14. The molecule has 0 atom stereocenters. The first kappa shape index (κ1) is 11.1. The van der Waals surface area contributed by atoms with Gasteiger partial charge in [0.2, 0.25) is 5.91 Å². The van der Waals surface area contributed by atoms with Crippen LogP contribution in [0.2, 0.25) is 0 Å². The lowest BCUT2D eigenvalue weighted by molar-refractivity contribution is -0.128. The van der Waals surface area contributed by atoms with Crippen LogP contribution in [0.1, 0.15) is 22.5 Å². The van der Waals surface area contributed by atoms with Gasteiger partial charge in [0.15, 0.2) is 0 Å². The molecule has 1 amide bonds. The van der Waals surface area contributed by atoms with E-state index in [2.05, 4.69) is 0 Å². The molecule has 1 aliphatic heterocycles. The van der Waals surface area contributed by atoms with Gasteiger partial charge in [-0.1, -0.05) is 6.07 Å². The zero-order valence-corrected chi connectivity index (χ0v) is 9.66. The molecule has 86 valence electrons. The van der Waals surface area contributed by atoms with Crippen molar-refractivity contribution in [3.05, 3.63) is 22.4 Å². The highest BCUT2D eigenvalue weighted by molar-refractivity contribution is 7.11. The van der Waals surface area contributed by atoms with Gasteiger partial charge in [0.1, 0.15) is 11.5 Å². The molecule has 16 heavy (non-hydrogen) atoms. The van der Waals surface area contributed by atoms with E-state index in [1.807, 2.05) is 11.4 Å². The number of rotatable bonds is 4. The average Bonchev–Trinajstić information content (AvgIpc) is 2.90. The Morgan fingerprint density at radius 2 is 2.44 bits per heavy atom. The molecule has 0 N–H and O–H groups in total. The van der Waals surface area contributed by atoms with Crippen molar-refractivity contribution in [2.75, 3.05) is 19.7 Å². The van der Waals surface area contributed by atoms with Crippen LogP contribution in [0, 0.1) is 0 Å². The number of likely N-dealkylation sites (tertiary alicyclic amines) is 1. The second-order valence-corrected chi connectivity index (χ2v) is 4.55. The largest absolute Gasteiger partial charge is 0.460 e. The highest BCUT2D eigenvalue weighted by Crippen LogP contribution is 2.11. The van der Waals surface area contributed by atoms with Crippen molar-refractivity contribution in [1.82, 2.24) is 4.90 Å². The Kier molecular flexibility index (Phi) is 3.56. The van der Waals surface area contributed by atoms with Gasteiger partial charge >= 0.3 is 5.97 Å². The average molecular weight is 239 g/mol. The lowest BCUT2D eigenvalue weighted by atomic mass is 10.4. The van der Waals surface area contributed by atoms with Gasteiger partial charge < -0.3 is 9.64 Å². The molecule has 2 rings (SSSR count). The van der Waals surface area contributed by atoms with Gasteiger partial charge in [-0.15, -0.1) is 11.3 Å². The van der Waals surface area contributed by atoms with Crippen molar-refractivity contribution in [2.24, 2.45) is 0 Å². The highest BCUT2D eigenvalue weighted by atomic mass is 32.1. The lowest BCUT2D eigenvalue weighted by Crippen LogP contribution is -2.29. The summed E-state index contributed by atoms with van der Waals surface area (Å²) in [6.07, 6.45) is 1.54. The van der Waals surface area contributed by atoms with Gasteiger partial charge in [-0.05, 0) is 17.9 Å². The summed E-state index contributed by atoms with van der Waals surface area (Å²) in [6, 6.07) is 3.54. The Morgan fingerprint density at radius 3 is 3.06 bits per heavy atom. The van der Waals surface area contributed by atoms with E-state index >= 15 is 0 Å². The molecule has 0 aliphatic carbocycles. The number of carbonyl (C=O) groups is 2. The molecule has 5 heteroatoms. The topological polar surface area (TPSA) is 46.6 Å². The van der Waals surface area contributed by atoms with E-state index in [-0.39, 0.29) is 18.5 Å². The van der Waals surface area contributed by atoms with Crippen LogP contribution in [-0.2, 0) is 9.53 Å². The third-order valence-electron chi connectivity index (χ3n) is 2.49. The number of carbonyl (C=O) groups excluding carboxylic acids is 2. The predicted molar refractivity (Wildman–Crippen MR) is 60.4 cm³/mol. The Hall–Kier alpha value is -1.36. The number of hydrogen-bond acceptors (Lipinski definition) is 4. The molecular formula is C11H13NO3S. The summed E-state index contributed by atoms with van der Waals surface area (Å²) in [5.74, 6) is -0.145. The molecule has 4 nitrogen and oxygen atoms in total. The molecule has 0 aromatic carbocycles. The maximum Gasteiger partial charge on any atom is 0.348 e. The first-order valence-electron chi connectivity index (χ1n) is 5.26. The number of esters is 1. The van der Waals surface area contributed by atoms with Crippen LogP contribution in [-0.4, -0.2) is 36.5 Å². The molecule has 1 aromatic rings. The number of thiophene rings is 1. The number of hydrogen-bond donors (Lipinski definition) is 0. The van der Waals surface area contributed by atoms with Crippen LogP contribution < -0.4 is 0 Å². The van der Waals surface area contributed by atoms with Gasteiger partial charge in [-0.2, -0.15) is 0 Å². The zero-order valence-electron chi connectivity index (χ0n) is 8.85. The summed E-state index contributed by atoms with van der Waals surface area (Å²) in [4.78, 5) is 25.1. The minimum atomic E-state index is -0.304. The molecule has 0 bridgehead atoms. The number of ether oxygens (including phenoxy) is 1. The Balaban J connectivity index is 1.72. The standard InChI is InChI=1S/C11H13NO3S/c13-10-4-1-5-12(10)6-7-15-11(14)9-3-2-8-16-9/h2-3,8H,1,4-7H2. The molecule has 2 heterocycles. The van der Waals surface area contributed by atoms with E-state index in [0.29, 0.717) is 17.8 Å². The highest BCUT2D eigenvalue weighted by Gasteiger charge is 2.20. The van der Waals surface area contributed by atoms with E-state index in [9.17, 15) is 9.59 Å². The molecule has 1 aromatic heterocycles. The maximum absolute atomic E-state index is 11.4. The summed E-state index contributed by atoms with van der Waals surface area (Å²) >= 11 is 1.36. The second kappa shape index (κ2) is 5.12. The summed E-state index contributed by atoms with van der Waals surface area (Å²) in [6.45, 7) is 1.58. The summed E-state index contributed by atoms with van der Waals surface area (Å²) < 4.78 is 5.07. The molecule has 1 saturated heterocycles. The van der Waals surface area contributed by atoms with Gasteiger partial charge in [0.25, 0.3) is 0 Å². The van der Waals surface area contributed by atoms with Gasteiger partial charge in [0, 0.05) is 13.0 Å². The van der Waals surface area contributed by atoms with Gasteiger partial charge in [-0.25, -0.2) is 4.79 Å². The van der Waals surface area contributed by atoms with Crippen molar-refractivity contribution >= 4 is 23.2 Å². The van der Waals surface area contributed by atoms with Gasteiger partial charge in [0.05, 0.1) is 6.54 Å². The van der Waals surface area contributed by atoms with Crippen LogP contribution in [0.25, 0.3) is 0 Å². The van der Waals surface area contributed by atoms with Crippen molar-refractivity contribution in [1.29, 1.82) is 0 Å². The Labute approximate surface area is 97.8 Å². The fourth-order valence-corrected chi connectivity index (χ4v) is 2.27. The summed E-state index contributed by atoms with van der Waals surface area (Å²) in [5.41, 5.74) is 0. The Morgan fingerprint density at radius 1 is 1.56 bits per heavy atom. The third kappa shape index (κ3) is 2.61. The van der Waals surface area contributed by atoms with E-state index in [1.165, 1.54) is 11.3 Å². The third-order valence-corrected chi connectivity index (χ3v) is 3.34. The van der Waals surface area contributed by atoms with E-state index in [4.69, 9.17) is 4.74 Å².